The molecule has 0 aliphatic carbocycles. The first-order valence-electron chi connectivity index (χ1n) is 7.85. The largest absolute Gasteiger partial charge is 0.491 e. The summed E-state index contributed by atoms with van der Waals surface area (Å²) in [4.78, 5) is 4.21. The number of hydrogen-bond donors (Lipinski definition) is 2. The van der Waals surface area contributed by atoms with E-state index in [2.05, 4.69) is 34.7 Å². The molecule has 1 aromatic rings. The smallest absolute Gasteiger partial charge is 0.190 e. The summed E-state index contributed by atoms with van der Waals surface area (Å²) >= 11 is 0. The van der Waals surface area contributed by atoms with Crippen LogP contribution in [0, 0.1) is 0 Å². The van der Waals surface area contributed by atoms with Crippen LogP contribution in [0.3, 0.4) is 0 Å². The van der Waals surface area contributed by atoms with Crippen molar-refractivity contribution in [3.63, 3.8) is 0 Å². The summed E-state index contributed by atoms with van der Waals surface area (Å²) < 4.78 is 5.64. The molecule has 1 aromatic carbocycles. The molecule has 0 fully saturated rings. The third-order valence-electron chi connectivity index (χ3n) is 3.05. The van der Waals surface area contributed by atoms with Gasteiger partial charge in [0, 0.05) is 20.1 Å². The predicted octanol–water partition coefficient (Wildman–Crippen LogP) is 2.98. The Kier molecular flexibility index (Phi) is 8.32. The maximum absolute atomic E-state index is 5.64. The first kappa shape index (κ1) is 17.3. The summed E-state index contributed by atoms with van der Waals surface area (Å²) in [6.45, 7) is 8.10. The zero-order valence-electron chi connectivity index (χ0n) is 13.8. The van der Waals surface area contributed by atoms with Crippen molar-refractivity contribution >= 4 is 5.96 Å². The molecule has 0 saturated heterocycles. The van der Waals surface area contributed by atoms with Gasteiger partial charge >= 0.3 is 0 Å². The molecule has 0 radical (unpaired) electrons. The molecule has 0 heterocycles. The highest BCUT2D eigenvalue weighted by molar-refractivity contribution is 5.79. The molecular weight excluding hydrogens is 262 g/mol. The van der Waals surface area contributed by atoms with Gasteiger partial charge in [-0.1, -0.05) is 25.5 Å². The lowest BCUT2D eigenvalue weighted by atomic mass is 10.1. The fourth-order valence-electron chi connectivity index (χ4n) is 1.94. The number of unbranched alkanes of at least 4 members (excludes halogenated alkanes) is 1. The molecule has 0 amide bonds. The quantitative estimate of drug-likeness (QED) is 0.440. The van der Waals surface area contributed by atoms with E-state index in [4.69, 9.17) is 4.74 Å². The van der Waals surface area contributed by atoms with Gasteiger partial charge in [-0.2, -0.15) is 0 Å². The van der Waals surface area contributed by atoms with Gasteiger partial charge in [-0.05, 0) is 44.4 Å². The Hall–Kier alpha value is -1.71. The van der Waals surface area contributed by atoms with E-state index < -0.39 is 0 Å². The minimum atomic E-state index is 0.218. The van der Waals surface area contributed by atoms with Crippen LogP contribution >= 0.6 is 0 Å². The topological polar surface area (TPSA) is 45.7 Å². The van der Waals surface area contributed by atoms with Gasteiger partial charge in [0.15, 0.2) is 5.96 Å². The van der Waals surface area contributed by atoms with Crippen molar-refractivity contribution in [1.29, 1.82) is 0 Å². The normalized spacial score (nSPS) is 11.6. The van der Waals surface area contributed by atoms with Gasteiger partial charge in [-0.25, -0.2) is 0 Å². The fourth-order valence-corrected chi connectivity index (χ4v) is 1.94. The first-order chi connectivity index (χ1) is 10.2. The lowest BCUT2D eigenvalue weighted by Crippen LogP contribution is -2.38. The fraction of sp³-hybridized carbons (Fsp3) is 0.588. The predicted molar refractivity (Wildman–Crippen MR) is 90.2 cm³/mol. The number of benzene rings is 1. The summed E-state index contributed by atoms with van der Waals surface area (Å²) in [7, 11) is 1.80. The molecule has 0 saturated carbocycles. The maximum atomic E-state index is 5.64. The molecule has 4 heteroatoms. The molecule has 4 nitrogen and oxygen atoms in total. The Morgan fingerprint density at radius 2 is 1.81 bits per heavy atom. The molecule has 0 aliphatic rings. The van der Waals surface area contributed by atoms with E-state index in [9.17, 15) is 0 Å². The second-order valence-electron chi connectivity index (χ2n) is 5.34. The van der Waals surface area contributed by atoms with Crippen LogP contribution in [-0.2, 0) is 6.42 Å². The molecule has 0 spiro atoms. The SMILES string of the molecule is CCCCNC(=NC)NCCc1ccc(OC(C)C)cc1. The zero-order valence-corrected chi connectivity index (χ0v) is 13.8. The highest BCUT2D eigenvalue weighted by Gasteiger charge is 2.00. The zero-order chi connectivity index (χ0) is 15.5. The van der Waals surface area contributed by atoms with E-state index in [0.29, 0.717) is 0 Å². The molecule has 0 aromatic heterocycles. The first-order valence-corrected chi connectivity index (χ1v) is 7.85. The van der Waals surface area contributed by atoms with Crippen LogP contribution < -0.4 is 15.4 Å². The molecule has 21 heavy (non-hydrogen) atoms. The Morgan fingerprint density at radius 1 is 1.14 bits per heavy atom. The monoisotopic (exact) mass is 291 g/mol. The van der Waals surface area contributed by atoms with Gasteiger partial charge in [0.2, 0.25) is 0 Å². The number of guanidine groups is 1. The van der Waals surface area contributed by atoms with Gasteiger partial charge in [0.25, 0.3) is 0 Å². The van der Waals surface area contributed by atoms with Crippen LogP contribution in [-0.4, -0.2) is 32.2 Å². The van der Waals surface area contributed by atoms with E-state index in [1.54, 1.807) is 7.05 Å². The molecule has 0 bridgehead atoms. The van der Waals surface area contributed by atoms with Gasteiger partial charge in [-0.15, -0.1) is 0 Å². The molecule has 2 N–H and O–H groups in total. The lowest BCUT2D eigenvalue weighted by Gasteiger charge is -2.12. The summed E-state index contributed by atoms with van der Waals surface area (Å²) in [5.74, 6) is 1.81. The van der Waals surface area contributed by atoms with E-state index in [0.717, 1.165) is 37.6 Å². The maximum Gasteiger partial charge on any atom is 0.190 e. The van der Waals surface area contributed by atoms with Crippen LogP contribution in [0.2, 0.25) is 0 Å². The average molecular weight is 291 g/mol. The van der Waals surface area contributed by atoms with E-state index in [1.165, 1.54) is 12.0 Å². The molecule has 0 aliphatic heterocycles. The third-order valence-corrected chi connectivity index (χ3v) is 3.05. The van der Waals surface area contributed by atoms with Crippen molar-refractivity contribution in [2.75, 3.05) is 20.1 Å². The Balaban J connectivity index is 2.31. The highest BCUT2D eigenvalue weighted by Crippen LogP contribution is 2.13. The molecular formula is C17H29N3O. The van der Waals surface area contributed by atoms with Crippen LogP contribution in [0.15, 0.2) is 29.3 Å². The van der Waals surface area contributed by atoms with Gasteiger partial charge < -0.3 is 15.4 Å². The summed E-state index contributed by atoms with van der Waals surface area (Å²) in [6.07, 6.45) is 3.54. The standard InChI is InChI=1S/C17H29N3O/c1-5-6-12-19-17(18-4)20-13-11-15-7-9-16(10-8-15)21-14(2)3/h7-10,14H,5-6,11-13H2,1-4H3,(H2,18,19,20). The van der Waals surface area contributed by atoms with Crippen molar-refractivity contribution < 1.29 is 4.74 Å². The molecule has 0 atom stereocenters. The van der Waals surface area contributed by atoms with E-state index in [1.807, 2.05) is 26.0 Å². The van der Waals surface area contributed by atoms with Crippen molar-refractivity contribution in [2.24, 2.45) is 4.99 Å². The minimum Gasteiger partial charge on any atom is -0.491 e. The number of nitrogens with zero attached hydrogens (tertiary/aromatic N) is 1. The number of ether oxygens (including phenoxy) is 1. The van der Waals surface area contributed by atoms with Gasteiger partial charge in [-0.3, -0.25) is 4.99 Å². The summed E-state index contributed by atoms with van der Waals surface area (Å²) in [5, 5.41) is 6.64. The van der Waals surface area contributed by atoms with Crippen molar-refractivity contribution in [1.82, 2.24) is 10.6 Å². The number of nitrogens with one attached hydrogen (secondary N) is 2. The average Bonchev–Trinajstić information content (AvgIpc) is 2.47. The van der Waals surface area contributed by atoms with Crippen molar-refractivity contribution in [3.8, 4) is 5.75 Å². The van der Waals surface area contributed by atoms with Crippen LogP contribution in [0.1, 0.15) is 39.2 Å². The van der Waals surface area contributed by atoms with Crippen molar-refractivity contribution in [2.45, 2.75) is 46.1 Å². The Labute approximate surface area is 129 Å². The number of rotatable bonds is 8. The highest BCUT2D eigenvalue weighted by atomic mass is 16.5. The molecule has 1 rings (SSSR count). The van der Waals surface area contributed by atoms with Crippen LogP contribution in [0.25, 0.3) is 0 Å². The summed E-state index contributed by atoms with van der Waals surface area (Å²) in [6, 6.07) is 8.30. The van der Waals surface area contributed by atoms with E-state index >= 15 is 0 Å². The number of aliphatic imine (C=N–C) groups is 1. The Morgan fingerprint density at radius 3 is 2.38 bits per heavy atom. The van der Waals surface area contributed by atoms with Gasteiger partial charge in [0.05, 0.1) is 6.10 Å². The lowest BCUT2D eigenvalue weighted by molar-refractivity contribution is 0.242. The number of hydrogen-bond acceptors (Lipinski definition) is 2. The van der Waals surface area contributed by atoms with Crippen LogP contribution in [0.5, 0.6) is 5.75 Å². The molecule has 0 unspecified atom stereocenters. The third kappa shape index (κ3) is 7.59. The second-order valence-corrected chi connectivity index (χ2v) is 5.34. The molecule has 118 valence electrons. The van der Waals surface area contributed by atoms with Gasteiger partial charge in [0.1, 0.15) is 5.75 Å². The second kappa shape index (κ2) is 10.1. The Bertz CT molecular complexity index is 413. The summed E-state index contributed by atoms with van der Waals surface area (Å²) in [5.41, 5.74) is 1.29. The minimum absolute atomic E-state index is 0.218. The van der Waals surface area contributed by atoms with Crippen molar-refractivity contribution in [3.05, 3.63) is 29.8 Å². The van der Waals surface area contributed by atoms with Crippen LogP contribution in [0.4, 0.5) is 0 Å². The van der Waals surface area contributed by atoms with E-state index in [-0.39, 0.29) is 6.10 Å².